The van der Waals surface area contributed by atoms with E-state index in [1.54, 1.807) is 0 Å². The van der Waals surface area contributed by atoms with Gasteiger partial charge in [0, 0.05) is 33.8 Å². The number of anilines is 6. The molecule has 10 aromatic carbocycles. The summed E-state index contributed by atoms with van der Waals surface area (Å²) in [6.07, 6.45) is 0.935. The molecule has 0 N–H and O–H groups in total. The van der Waals surface area contributed by atoms with Gasteiger partial charge in [-0.3, -0.25) is 0 Å². The molecule has 0 radical (unpaired) electrons. The first-order chi connectivity index (χ1) is 30.2. The molecular formula is C59H40N2. The lowest BCUT2D eigenvalue weighted by Crippen LogP contribution is -2.10. The van der Waals surface area contributed by atoms with Crippen molar-refractivity contribution in [2.24, 2.45) is 0 Å². The second-order valence-corrected chi connectivity index (χ2v) is 16.1. The molecule has 61 heavy (non-hydrogen) atoms. The Morgan fingerprint density at radius 3 is 1.48 bits per heavy atom. The van der Waals surface area contributed by atoms with E-state index in [-0.39, 0.29) is 0 Å². The van der Waals surface area contributed by atoms with Crippen molar-refractivity contribution in [1.29, 1.82) is 0 Å². The van der Waals surface area contributed by atoms with Crippen molar-refractivity contribution in [3.63, 3.8) is 0 Å². The van der Waals surface area contributed by atoms with Crippen LogP contribution in [0.5, 0.6) is 0 Å². The molecule has 0 fully saturated rings. The molecule has 0 amide bonds. The summed E-state index contributed by atoms with van der Waals surface area (Å²) in [5.41, 5.74) is 19.9. The summed E-state index contributed by atoms with van der Waals surface area (Å²) in [6.45, 7) is 0. The Morgan fingerprint density at radius 1 is 0.311 bits per heavy atom. The van der Waals surface area contributed by atoms with Crippen LogP contribution in [-0.2, 0) is 6.42 Å². The third-order valence-electron chi connectivity index (χ3n) is 12.6. The largest absolute Gasteiger partial charge is 0.310 e. The van der Waals surface area contributed by atoms with E-state index >= 15 is 0 Å². The third kappa shape index (κ3) is 5.95. The zero-order valence-corrected chi connectivity index (χ0v) is 33.5. The van der Waals surface area contributed by atoms with Gasteiger partial charge >= 0.3 is 0 Å². The summed E-state index contributed by atoms with van der Waals surface area (Å²) in [5.74, 6) is 0. The molecular weight excluding hydrogens is 737 g/mol. The van der Waals surface area contributed by atoms with Crippen molar-refractivity contribution in [3.05, 3.63) is 253 Å². The Balaban J connectivity index is 0.897. The van der Waals surface area contributed by atoms with Crippen LogP contribution >= 0.6 is 0 Å². The summed E-state index contributed by atoms with van der Waals surface area (Å²) in [7, 11) is 0. The van der Waals surface area contributed by atoms with E-state index in [9.17, 15) is 0 Å². The Labute approximate surface area is 356 Å². The molecule has 0 bridgehead atoms. The van der Waals surface area contributed by atoms with Gasteiger partial charge in [0.2, 0.25) is 0 Å². The number of para-hydroxylation sites is 1. The van der Waals surface area contributed by atoms with Crippen LogP contribution < -0.4 is 9.80 Å². The summed E-state index contributed by atoms with van der Waals surface area (Å²) in [5, 5.41) is 5.17. The highest BCUT2D eigenvalue weighted by Crippen LogP contribution is 2.52. The van der Waals surface area contributed by atoms with E-state index in [1.807, 2.05) is 0 Å². The average molecular weight is 777 g/mol. The number of rotatable bonds is 8. The maximum atomic E-state index is 2.42. The highest BCUT2D eigenvalue weighted by Gasteiger charge is 2.32. The van der Waals surface area contributed by atoms with Crippen LogP contribution in [0.25, 0.3) is 54.9 Å². The second kappa shape index (κ2) is 14.4. The first-order valence-corrected chi connectivity index (χ1v) is 21.1. The number of benzene rings is 10. The van der Waals surface area contributed by atoms with Gasteiger partial charge in [0.15, 0.2) is 0 Å². The van der Waals surface area contributed by atoms with E-state index in [1.165, 1.54) is 77.2 Å². The van der Waals surface area contributed by atoms with E-state index < -0.39 is 0 Å². The summed E-state index contributed by atoms with van der Waals surface area (Å²) in [4.78, 5) is 4.76. The number of nitrogens with zero attached hydrogens (tertiary/aromatic N) is 2. The maximum Gasteiger partial charge on any atom is 0.0540 e. The van der Waals surface area contributed by atoms with Crippen LogP contribution in [-0.4, -0.2) is 0 Å². The Morgan fingerprint density at radius 2 is 0.803 bits per heavy atom. The molecule has 12 rings (SSSR count). The minimum absolute atomic E-state index is 0.935. The van der Waals surface area contributed by atoms with Crippen molar-refractivity contribution < 1.29 is 0 Å². The topological polar surface area (TPSA) is 6.48 Å². The SMILES string of the molecule is c1ccc(-c2ccc(N(c3ccc(-c4ccc(N(c5ccccc5)c5cccc6ccccc56)cc4)cc3)c3ccc4c(c3)CC3=C4c4cccc5cccc3c45)cc2)cc1. The minimum atomic E-state index is 0.935. The predicted molar refractivity (Wildman–Crippen MR) is 258 cm³/mol. The van der Waals surface area contributed by atoms with Gasteiger partial charge in [-0.15, -0.1) is 0 Å². The Bertz CT molecular complexity index is 3280. The summed E-state index contributed by atoms with van der Waals surface area (Å²) < 4.78 is 0. The number of fused-ring (bicyclic) bond motifs is 5. The fraction of sp³-hybridized carbons (Fsp3) is 0.0169. The third-order valence-corrected chi connectivity index (χ3v) is 12.6. The Hall–Kier alpha value is -7.94. The lowest BCUT2D eigenvalue weighted by Gasteiger charge is -2.27. The summed E-state index contributed by atoms with van der Waals surface area (Å²) >= 11 is 0. The van der Waals surface area contributed by atoms with Gasteiger partial charge in [0.25, 0.3) is 0 Å². The van der Waals surface area contributed by atoms with E-state index in [0.29, 0.717) is 0 Å². The van der Waals surface area contributed by atoms with Gasteiger partial charge in [-0.25, -0.2) is 0 Å². The molecule has 0 unspecified atom stereocenters. The minimum Gasteiger partial charge on any atom is -0.310 e. The fourth-order valence-electron chi connectivity index (χ4n) is 9.78. The van der Waals surface area contributed by atoms with Crippen molar-refractivity contribution in [3.8, 4) is 22.3 Å². The maximum absolute atomic E-state index is 2.42. The highest BCUT2D eigenvalue weighted by atomic mass is 15.1. The van der Waals surface area contributed by atoms with Gasteiger partial charge in [-0.05, 0) is 145 Å². The molecule has 0 aliphatic heterocycles. The van der Waals surface area contributed by atoms with Gasteiger partial charge in [0.1, 0.15) is 0 Å². The number of allylic oxidation sites excluding steroid dienone is 1. The van der Waals surface area contributed by atoms with Crippen molar-refractivity contribution in [2.75, 3.05) is 9.80 Å². The van der Waals surface area contributed by atoms with E-state index in [0.717, 1.165) is 40.5 Å². The van der Waals surface area contributed by atoms with Gasteiger partial charge in [0.05, 0.1) is 5.69 Å². The lowest BCUT2D eigenvalue weighted by atomic mass is 9.95. The fourth-order valence-corrected chi connectivity index (χ4v) is 9.78. The molecule has 2 aliphatic carbocycles. The van der Waals surface area contributed by atoms with E-state index in [2.05, 4.69) is 240 Å². The Kier molecular flexibility index (Phi) is 8.28. The van der Waals surface area contributed by atoms with Crippen LogP contribution in [0.2, 0.25) is 0 Å². The average Bonchev–Trinajstić information content (AvgIpc) is 3.86. The first-order valence-electron chi connectivity index (χ1n) is 21.1. The highest BCUT2D eigenvalue weighted by molar-refractivity contribution is 6.20. The van der Waals surface area contributed by atoms with Crippen LogP contribution in [0.1, 0.15) is 22.3 Å². The zero-order chi connectivity index (χ0) is 40.3. The van der Waals surface area contributed by atoms with Crippen molar-refractivity contribution in [2.45, 2.75) is 6.42 Å². The molecule has 0 saturated carbocycles. The van der Waals surface area contributed by atoms with Gasteiger partial charge < -0.3 is 9.80 Å². The molecule has 10 aromatic rings. The standard InChI is InChI=1S/C59H40N2/c1-3-12-40(13-4-1)41-24-30-48(31-25-41)60(51-36-37-53-46(38-51)39-56-54-21-9-16-45-17-10-22-55(58(45)54)59(53)56)49-32-26-42(27-33-49)43-28-34-50(35-29-43)61(47-18-5-2-6-19-47)57-23-11-15-44-14-7-8-20-52(44)57/h1-38H,39H2. The molecule has 0 atom stereocenters. The molecule has 2 aliphatic rings. The van der Waals surface area contributed by atoms with Gasteiger partial charge in [-0.2, -0.15) is 0 Å². The summed E-state index contributed by atoms with van der Waals surface area (Å²) in [6, 6.07) is 84.0. The molecule has 0 aromatic heterocycles. The second-order valence-electron chi connectivity index (χ2n) is 16.1. The predicted octanol–water partition coefficient (Wildman–Crippen LogP) is 16.1. The molecule has 0 spiro atoms. The van der Waals surface area contributed by atoms with Crippen LogP contribution in [0, 0.1) is 0 Å². The first kappa shape index (κ1) is 35.0. The molecule has 2 heteroatoms. The van der Waals surface area contributed by atoms with Gasteiger partial charge in [-0.1, -0.05) is 164 Å². The monoisotopic (exact) mass is 776 g/mol. The number of hydrogen-bond acceptors (Lipinski definition) is 2. The quantitative estimate of drug-likeness (QED) is 0.152. The smallest absolute Gasteiger partial charge is 0.0540 e. The molecule has 2 nitrogen and oxygen atoms in total. The molecule has 0 saturated heterocycles. The van der Waals surface area contributed by atoms with Crippen LogP contribution in [0.3, 0.4) is 0 Å². The molecule has 0 heterocycles. The molecule has 286 valence electrons. The zero-order valence-electron chi connectivity index (χ0n) is 33.5. The van der Waals surface area contributed by atoms with Crippen LogP contribution in [0.4, 0.5) is 34.1 Å². The van der Waals surface area contributed by atoms with Crippen molar-refractivity contribution >= 4 is 66.8 Å². The van der Waals surface area contributed by atoms with E-state index in [4.69, 9.17) is 0 Å². The lowest BCUT2D eigenvalue weighted by molar-refractivity contribution is 1.25. The normalized spacial score (nSPS) is 12.5. The van der Waals surface area contributed by atoms with Crippen LogP contribution in [0.15, 0.2) is 231 Å². The number of hydrogen-bond donors (Lipinski definition) is 0. The van der Waals surface area contributed by atoms with Crippen molar-refractivity contribution in [1.82, 2.24) is 0 Å².